The van der Waals surface area contributed by atoms with Gasteiger partial charge < -0.3 is 9.88 Å². The van der Waals surface area contributed by atoms with Gasteiger partial charge in [0.1, 0.15) is 5.82 Å². The van der Waals surface area contributed by atoms with Crippen molar-refractivity contribution < 1.29 is 4.79 Å². The number of benzene rings is 1. The molecule has 0 spiro atoms. The van der Waals surface area contributed by atoms with Crippen molar-refractivity contribution in [2.75, 3.05) is 18.4 Å². The zero-order valence-corrected chi connectivity index (χ0v) is 16.5. The summed E-state index contributed by atoms with van der Waals surface area (Å²) in [7, 11) is 0. The highest BCUT2D eigenvalue weighted by atomic mass is 16.2. The van der Waals surface area contributed by atoms with Gasteiger partial charge in [0, 0.05) is 56.6 Å². The number of carbonyl (C=O) groups excluding carboxylic acids is 1. The summed E-state index contributed by atoms with van der Waals surface area (Å²) in [6, 6.07) is 9.47. The molecule has 4 heterocycles. The minimum absolute atomic E-state index is 0.199. The van der Waals surface area contributed by atoms with Gasteiger partial charge in [-0.05, 0) is 30.9 Å². The normalized spacial score (nSPS) is 21.0. The number of amides is 1. The second kappa shape index (κ2) is 7.44. The third-order valence-corrected chi connectivity index (χ3v) is 5.99. The van der Waals surface area contributed by atoms with E-state index in [0.29, 0.717) is 17.7 Å². The molecular formula is C21H25N7O. The molecule has 1 saturated heterocycles. The molecule has 0 bridgehead atoms. The summed E-state index contributed by atoms with van der Waals surface area (Å²) in [6.07, 6.45) is 4.97. The average Bonchev–Trinajstić information content (AvgIpc) is 3.44. The van der Waals surface area contributed by atoms with Crippen molar-refractivity contribution in [1.82, 2.24) is 29.4 Å². The molecule has 1 amide bonds. The summed E-state index contributed by atoms with van der Waals surface area (Å²) in [5, 5.41) is 15.8. The van der Waals surface area contributed by atoms with E-state index in [1.54, 1.807) is 0 Å². The van der Waals surface area contributed by atoms with Crippen LogP contribution in [0.2, 0.25) is 0 Å². The number of fused-ring (bicyclic) bond motifs is 2. The van der Waals surface area contributed by atoms with Gasteiger partial charge in [0.05, 0.1) is 6.20 Å². The second-order valence-corrected chi connectivity index (χ2v) is 7.99. The Morgan fingerprint density at radius 1 is 1.14 bits per heavy atom. The molecule has 8 heteroatoms. The maximum Gasteiger partial charge on any atom is 0.293 e. The predicted octanol–water partition coefficient (Wildman–Crippen LogP) is 2.05. The van der Waals surface area contributed by atoms with Gasteiger partial charge in [-0.3, -0.25) is 14.4 Å². The van der Waals surface area contributed by atoms with Crippen molar-refractivity contribution in [1.29, 1.82) is 0 Å². The van der Waals surface area contributed by atoms with Gasteiger partial charge in [-0.25, -0.2) is 0 Å². The van der Waals surface area contributed by atoms with Gasteiger partial charge in [0.15, 0.2) is 0 Å². The maximum atomic E-state index is 12.7. The third kappa shape index (κ3) is 3.55. The Morgan fingerprint density at radius 3 is 2.76 bits per heavy atom. The quantitative estimate of drug-likeness (QED) is 0.720. The number of likely N-dealkylation sites (tertiary alicyclic amines) is 1. The first-order chi connectivity index (χ1) is 14.2. The summed E-state index contributed by atoms with van der Waals surface area (Å²) >= 11 is 0. The fourth-order valence-corrected chi connectivity index (χ4v) is 4.55. The lowest BCUT2D eigenvalue weighted by Gasteiger charge is -2.25. The first kappa shape index (κ1) is 18.1. The van der Waals surface area contributed by atoms with E-state index in [9.17, 15) is 4.79 Å². The standard InChI is InChI=1S/C21H25N7O/c1-2-27-11-15(9-22-27)10-26-12-16-8-19-24-25-20(28(19)14-17(16)13-26)21(29)23-18-6-4-3-5-7-18/h3-7,9,11,16-17H,2,8,10,12-14H2,1H3,(H,23,29)/t16-,17+/m0/s1. The molecule has 0 aliphatic carbocycles. The van der Waals surface area contributed by atoms with Crippen LogP contribution in [0.15, 0.2) is 42.7 Å². The lowest BCUT2D eigenvalue weighted by molar-refractivity contribution is 0.100. The molecule has 150 valence electrons. The highest BCUT2D eigenvalue weighted by Gasteiger charge is 2.39. The minimum atomic E-state index is -0.199. The largest absolute Gasteiger partial charge is 0.319 e. The molecule has 2 aliphatic heterocycles. The number of hydrogen-bond donors (Lipinski definition) is 1. The Balaban J connectivity index is 1.27. The molecule has 5 rings (SSSR count). The van der Waals surface area contributed by atoms with Crippen LogP contribution in [0.25, 0.3) is 0 Å². The maximum absolute atomic E-state index is 12.7. The van der Waals surface area contributed by atoms with E-state index in [4.69, 9.17) is 0 Å². The fourth-order valence-electron chi connectivity index (χ4n) is 4.55. The number of aryl methyl sites for hydroxylation is 1. The Bertz CT molecular complexity index is 1010. The Hall–Kier alpha value is -3.00. The van der Waals surface area contributed by atoms with Crippen LogP contribution in [0.4, 0.5) is 5.69 Å². The van der Waals surface area contributed by atoms with Gasteiger partial charge in [0.2, 0.25) is 5.82 Å². The second-order valence-electron chi connectivity index (χ2n) is 7.99. The zero-order valence-electron chi connectivity index (χ0n) is 16.5. The molecular weight excluding hydrogens is 366 g/mol. The predicted molar refractivity (Wildman–Crippen MR) is 108 cm³/mol. The highest BCUT2D eigenvalue weighted by Crippen LogP contribution is 2.33. The van der Waals surface area contributed by atoms with E-state index in [1.165, 1.54) is 5.56 Å². The molecule has 2 atom stereocenters. The minimum Gasteiger partial charge on any atom is -0.319 e. The van der Waals surface area contributed by atoms with E-state index in [2.05, 4.69) is 38.6 Å². The summed E-state index contributed by atoms with van der Waals surface area (Å²) in [5.41, 5.74) is 2.02. The number of hydrogen-bond acceptors (Lipinski definition) is 5. The van der Waals surface area contributed by atoms with Crippen LogP contribution < -0.4 is 5.32 Å². The van der Waals surface area contributed by atoms with Crippen molar-refractivity contribution in [2.45, 2.75) is 33.0 Å². The average molecular weight is 391 g/mol. The Kier molecular flexibility index (Phi) is 4.63. The van der Waals surface area contributed by atoms with E-state index < -0.39 is 0 Å². The van der Waals surface area contributed by atoms with Crippen LogP contribution in [0.3, 0.4) is 0 Å². The number of para-hydroxylation sites is 1. The first-order valence-corrected chi connectivity index (χ1v) is 10.2. The van der Waals surface area contributed by atoms with Gasteiger partial charge >= 0.3 is 0 Å². The summed E-state index contributed by atoms with van der Waals surface area (Å²) in [4.78, 5) is 15.2. The van der Waals surface area contributed by atoms with Crippen molar-refractivity contribution in [3.05, 3.63) is 59.9 Å². The topological polar surface area (TPSA) is 80.9 Å². The molecule has 8 nitrogen and oxygen atoms in total. The molecule has 3 aromatic rings. The molecule has 2 aliphatic rings. The van der Waals surface area contributed by atoms with Crippen molar-refractivity contribution >= 4 is 11.6 Å². The van der Waals surface area contributed by atoms with E-state index >= 15 is 0 Å². The van der Waals surface area contributed by atoms with Crippen LogP contribution in [0.5, 0.6) is 0 Å². The molecule has 0 unspecified atom stereocenters. The molecule has 0 saturated carbocycles. The number of aromatic nitrogens is 5. The summed E-state index contributed by atoms with van der Waals surface area (Å²) in [6.45, 7) is 6.80. The van der Waals surface area contributed by atoms with Crippen LogP contribution in [-0.2, 0) is 26.1 Å². The number of anilines is 1. The van der Waals surface area contributed by atoms with Crippen LogP contribution in [-0.4, -0.2) is 48.4 Å². The Morgan fingerprint density at radius 2 is 1.97 bits per heavy atom. The lowest BCUT2D eigenvalue weighted by Crippen LogP contribution is -2.31. The molecule has 1 N–H and O–H groups in total. The van der Waals surface area contributed by atoms with Gasteiger partial charge in [-0.2, -0.15) is 5.10 Å². The molecule has 2 aromatic heterocycles. The van der Waals surface area contributed by atoms with Crippen molar-refractivity contribution in [2.24, 2.45) is 11.8 Å². The van der Waals surface area contributed by atoms with Crippen molar-refractivity contribution in [3.63, 3.8) is 0 Å². The third-order valence-electron chi connectivity index (χ3n) is 5.99. The number of carbonyl (C=O) groups is 1. The molecule has 0 radical (unpaired) electrons. The molecule has 1 fully saturated rings. The van der Waals surface area contributed by atoms with E-state index in [1.807, 2.05) is 45.8 Å². The van der Waals surface area contributed by atoms with Crippen LogP contribution in [0.1, 0.15) is 28.9 Å². The first-order valence-electron chi connectivity index (χ1n) is 10.2. The van der Waals surface area contributed by atoms with E-state index in [0.717, 1.165) is 50.7 Å². The number of nitrogens with one attached hydrogen (secondary N) is 1. The Labute approximate surface area is 169 Å². The summed E-state index contributed by atoms with van der Waals surface area (Å²) in [5.74, 6) is 2.21. The van der Waals surface area contributed by atoms with E-state index in [-0.39, 0.29) is 5.91 Å². The van der Waals surface area contributed by atoms with Crippen LogP contribution in [0, 0.1) is 11.8 Å². The van der Waals surface area contributed by atoms with Gasteiger partial charge in [0.25, 0.3) is 5.91 Å². The summed E-state index contributed by atoms with van der Waals surface area (Å²) < 4.78 is 3.98. The van der Waals surface area contributed by atoms with Gasteiger partial charge in [-0.1, -0.05) is 18.2 Å². The molecule has 1 aromatic carbocycles. The van der Waals surface area contributed by atoms with Crippen LogP contribution >= 0.6 is 0 Å². The highest BCUT2D eigenvalue weighted by molar-refractivity contribution is 6.01. The monoisotopic (exact) mass is 391 g/mol. The fraction of sp³-hybridized carbons (Fsp3) is 0.429. The zero-order chi connectivity index (χ0) is 19.8. The smallest absolute Gasteiger partial charge is 0.293 e. The lowest BCUT2D eigenvalue weighted by atomic mass is 9.89. The van der Waals surface area contributed by atoms with Crippen molar-refractivity contribution in [3.8, 4) is 0 Å². The van der Waals surface area contributed by atoms with Gasteiger partial charge in [-0.15, -0.1) is 10.2 Å². The number of rotatable bonds is 5. The SMILES string of the molecule is CCn1cc(CN2C[C@@H]3Cn4c(nnc4C(=O)Nc4ccccc4)C[C@H]3C2)cn1. The molecule has 29 heavy (non-hydrogen) atoms. The number of nitrogens with zero attached hydrogens (tertiary/aromatic N) is 6.